The quantitative estimate of drug-likeness (QED) is 0.912. The third-order valence-electron chi connectivity index (χ3n) is 4.02. The van der Waals surface area contributed by atoms with Gasteiger partial charge in [0.05, 0.1) is 0 Å². The lowest BCUT2D eigenvalue weighted by atomic mass is 9.87. The van der Waals surface area contributed by atoms with Gasteiger partial charge in [0.15, 0.2) is 0 Å². The molecule has 0 aromatic heterocycles. The zero-order valence-corrected chi connectivity index (χ0v) is 12.4. The second-order valence-corrected chi connectivity index (χ2v) is 5.89. The van der Waals surface area contributed by atoms with Crippen molar-refractivity contribution in [1.82, 2.24) is 4.90 Å². The number of aryl methyl sites for hydroxylation is 1. The monoisotopic (exact) mass is 295 g/mol. The van der Waals surface area contributed by atoms with E-state index >= 15 is 0 Å². The Balaban J connectivity index is 2.37. The van der Waals surface area contributed by atoms with Crippen LogP contribution in [0.2, 0.25) is 5.02 Å². The molecule has 1 aliphatic rings. The molecule has 0 spiro atoms. The summed E-state index contributed by atoms with van der Waals surface area (Å²) in [7, 11) is 0. The number of carbonyl (C=O) groups is 2. The number of carboxylic acids is 1. The van der Waals surface area contributed by atoms with Gasteiger partial charge in [-0.2, -0.15) is 0 Å². The fourth-order valence-electron chi connectivity index (χ4n) is 2.68. The van der Waals surface area contributed by atoms with E-state index in [1.807, 2.05) is 0 Å². The molecule has 20 heavy (non-hydrogen) atoms. The van der Waals surface area contributed by atoms with Gasteiger partial charge in [-0.1, -0.05) is 11.6 Å². The largest absolute Gasteiger partial charge is 0.480 e. The van der Waals surface area contributed by atoms with Crippen molar-refractivity contribution < 1.29 is 14.7 Å². The molecule has 1 aromatic carbocycles. The molecule has 1 unspecified atom stereocenters. The summed E-state index contributed by atoms with van der Waals surface area (Å²) >= 11 is 5.89. The first kappa shape index (κ1) is 14.9. The molecule has 1 amide bonds. The van der Waals surface area contributed by atoms with E-state index in [-0.39, 0.29) is 5.91 Å². The predicted molar refractivity (Wildman–Crippen MR) is 77.1 cm³/mol. The average Bonchev–Trinajstić information content (AvgIpc) is 2.38. The summed E-state index contributed by atoms with van der Waals surface area (Å²) in [4.78, 5) is 25.7. The number of amides is 1. The maximum atomic E-state index is 12.7. The van der Waals surface area contributed by atoms with Crippen LogP contribution in [0.1, 0.15) is 42.1 Å². The topological polar surface area (TPSA) is 57.6 Å². The van der Waals surface area contributed by atoms with Crippen LogP contribution in [0, 0.1) is 6.92 Å². The molecule has 4 nitrogen and oxygen atoms in total. The van der Waals surface area contributed by atoms with Crippen LogP contribution in [0.25, 0.3) is 0 Å². The molecule has 0 radical (unpaired) electrons. The number of hydrogen-bond acceptors (Lipinski definition) is 2. The zero-order chi connectivity index (χ0) is 14.9. The summed E-state index contributed by atoms with van der Waals surface area (Å²) in [6, 6.07) is 5.04. The summed E-state index contributed by atoms with van der Waals surface area (Å²) in [5.74, 6) is -1.18. The second kappa shape index (κ2) is 5.44. The molecule has 1 atom stereocenters. The van der Waals surface area contributed by atoms with E-state index in [0.717, 1.165) is 18.4 Å². The van der Waals surface area contributed by atoms with Crippen LogP contribution in [0.3, 0.4) is 0 Å². The zero-order valence-electron chi connectivity index (χ0n) is 11.6. The molecule has 0 aliphatic carbocycles. The highest BCUT2D eigenvalue weighted by atomic mass is 35.5. The number of likely N-dealkylation sites (tertiary alicyclic amines) is 1. The normalized spacial score (nSPS) is 22.6. The van der Waals surface area contributed by atoms with Gasteiger partial charge in [-0.05, 0) is 56.9 Å². The summed E-state index contributed by atoms with van der Waals surface area (Å²) in [5.41, 5.74) is 0.158. The second-order valence-electron chi connectivity index (χ2n) is 5.45. The minimum Gasteiger partial charge on any atom is -0.480 e. The number of piperidine rings is 1. The average molecular weight is 296 g/mol. The maximum Gasteiger partial charge on any atom is 0.329 e. The van der Waals surface area contributed by atoms with Crippen molar-refractivity contribution in [2.75, 3.05) is 6.54 Å². The van der Waals surface area contributed by atoms with Crippen molar-refractivity contribution in [3.63, 3.8) is 0 Å². The highest BCUT2D eigenvalue weighted by Gasteiger charge is 2.44. The number of rotatable bonds is 2. The van der Waals surface area contributed by atoms with Crippen molar-refractivity contribution in [2.24, 2.45) is 0 Å². The van der Waals surface area contributed by atoms with Crippen LogP contribution >= 0.6 is 11.6 Å². The first-order valence-corrected chi connectivity index (χ1v) is 7.05. The van der Waals surface area contributed by atoms with Gasteiger partial charge in [-0.3, -0.25) is 4.79 Å². The van der Waals surface area contributed by atoms with Crippen LogP contribution < -0.4 is 0 Å². The number of aliphatic carboxylic acids is 1. The van der Waals surface area contributed by atoms with Crippen LogP contribution in [-0.2, 0) is 4.79 Å². The molecular weight excluding hydrogens is 278 g/mol. The lowest BCUT2D eigenvalue weighted by Gasteiger charge is -2.41. The molecule has 1 heterocycles. The van der Waals surface area contributed by atoms with Crippen molar-refractivity contribution in [3.05, 3.63) is 34.3 Å². The van der Waals surface area contributed by atoms with Crippen molar-refractivity contribution in [2.45, 2.75) is 38.6 Å². The molecular formula is C15H18ClNO3. The minimum absolute atomic E-state index is 0.233. The molecule has 0 bridgehead atoms. The van der Waals surface area contributed by atoms with Gasteiger partial charge < -0.3 is 10.0 Å². The lowest BCUT2D eigenvalue weighted by molar-refractivity contribution is -0.150. The number of carbonyl (C=O) groups excluding carboxylic acids is 1. The third-order valence-corrected chi connectivity index (χ3v) is 4.25. The summed E-state index contributed by atoms with van der Waals surface area (Å²) < 4.78 is 0. The SMILES string of the molecule is Cc1cc(Cl)ccc1C(=O)N1CCCCC1(C)C(=O)O. The van der Waals surface area contributed by atoms with Crippen LogP contribution in [0.4, 0.5) is 0 Å². The fourth-order valence-corrected chi connectivity index (χ4v) is 2.91. The summed E-state index contributed by atoms with van der Waals surface area (Å²) in [5, 5.41) is 10.0. The van der Waals surface area contributed by atoms with Crippen LogP contribution in [-0.4, -0.2) is 34.0 Å². The van der Waals surface area contributed by atoms with Crippen molar-refractivity contribution >= 4 is 23.5 Å². The number of carboxylic acid groups (broad SMARTS) is 1. The smallest absolute Gasteiger partial charge is 0.329 e. The highest BCUT2D eigenvalue weighted by molar-refractivity contribution is 6.30. The summed E-state index contributed by atoms with van der Waals surface area (Å²) in [6.45, 7) is 3.91. The van der Waals surface area contributed by atoms with Gasteiger partial charge in [0, 0.05) is 17.1 Å². The van der Waals surface area contributed by atoms with Gasteiger partial charge in [-0.25, -0.2) is 4.79 Å². The van der Waals surface area contributed by atoms with E-state index in [2.05, 4.69) is 0 Å². The maximum absolute atomic E-state index is 12.7. The molecule has 1 fully saturated rings. The Morgan fingerprint density at radius 1 is 1.35 bits per heavy atom. The van der Waals surface area contributed by atoms with Gasteiger partial charge in [-0.15, -0.1) is 0 Å². The molecule has 5 heteroatoms. The molecule has 1 saturated heterocycles. The van der Waals surface area contributed by atoms with Crippen molar-refractivity contribution in [3.8, 4) is 0 Å². The number of nitrogens with zero attached hydrogens (tertiary/aromatic N) is 1. The van der Waals surface area contributed by atoms with Gasteiger partial charge in [0.1, 0.15) is 5.54 Å². The van der Waals surface area contributed by atoms with Crippen LogP contribution in [0.15, 0.2) is 18.2 Å². The molecule has 0 saturated carbocycles. The van der Waals surface area contributed by atoms with E-state index in [0.29, 0.717) is 23.6 Å². The minimum atomic E-state index is -1.12. The van der Waals surface area contributed by atoms with Gasteiger partial charge >= 0.3 is 5.97 Å². The van der Waals surface area contributed by atoms with E-state index in [4.69, 9.17) is 11.6 Å². The summed E-state index contributed by atoms with van der Waals surface area (Å²) in [6.07, 6.45) is 2.15. The Bertz CT molecular complexity index is 558. The molecule has 1 aliphatic heterocycles. The number of benzene rings is 1. The highest BCUT2D eigenvalue weighted by Crippen LogP contribution is 2.30. The number of halogens is 1. The van der Waals surface area contributed by atoms with Crippen molar-refractivity contribution in [1.29, 1.82) is 0 Å². The number of hydrogen-bond donors (Lipinski definition) is 1. The molecule has 1 aromatic rings. The molecule has 1 N–H and O–H groups in total. The van der Waals surface area contributed by atoms with E-state index in [1.54, 1.807) is 32.0 Å². The lowest BCUT2D eigenvalue weighted by Crippen LogP contribution is -2.57. The standard InChI is InChI=1S/C15H18ClNO3/c1-10-9-11(16)5-6-12(10)13(18)17-8-4-3-7-15(17,2)14(19)20/h5-6,9H,3-4,7-8H2,1-2H3,(H,19,20). The van der Waals surface area contributed by atoms with E-state index in [9.17, 15) is 14.7 Å². The third kappa shape index (κ3) is 2.52. The van der Waals surface area contributed by atoms with E-state index in [1.165, 1.54) is 4.90 Å². The fraction of sp³-hybridized carbons (Fsp3) is 0.467. The predicted octanol–water partition coefficient (Wildman–Crippen LogP) is 3.12. The Morgan fingerprint density at radius 2 is 2.05 bits per heavy atom. The first-order chi connectivity index (χ1) is 9.36. The van der Waals surface area contributed by atoms with E-state index < -0.39 is 11.5 Å². The Hall–Kier alpha value is -1.55. The molecule has 2 rings (SSSR count). The Morgan fingerprint density at radius 3 is 2.65 bits per heavy atom. The van der Waals surface area contributed by atoms with Crippen LogP contribution in [0.5, 0.6) is 0 Å². The van der Waals surface area contributed by atoms with Gasteiger partial charge in [0.2, 0.25) is 0 Å². The molecule has 108 valence electrons. The Kier molecular flexibility index (Phi) is 4.04. The first-order valence-electron chi connectivity index (χ1n) is 6.68. The van der Waals surface area contributed by atoms with Gasteiger partial charge in [0.25, 0.3) is 5.91 Å². The Labute approximate surface area is 123 Å².